The third-order valence-electron chi connectivity index (χ3n) is 8.32. The Kier molecular flexibility index (Phi) is 5.44. The second kappa shape index (κ2) is 8.69. The zero-order valence-corrected chi connectivity index (χ0v) is 23.4. The van der Waals surface area contributed by atoms with Gasteiger partial charge in [0.25, 0.3) is 0 Å². The molecule has 0 amide bonds. The topological polar surface area (TPSA) is 42.6 Å². The molecule has 0 aliphatic heterocycles. The Morgan fingerprint density at radius 1 is 0.744 bits per heavy atom. The second-order valence-corrected chi connectivity index (χ2v) is 12.5. The van der Waals surface area contributed by atoms with Crippen LogP contribution in [0.15, 0.2) is 95.4 Å². The summed E-state index contributed by atoms with van der Waals surface area (Å²) in [6.07, 6.45) is 0. The van der Waals surface area contributed by atoms with Crippen molar-refractivity contribution in [2.24, 2.45) is 0 Å². The van der Waals surface area contributed by atoms with Crippen LogP contribution in [0.2, 0.25) is 0 Å². The van der Waals surface area contributed by atoms with Crippen molar-refractivity contribution in [3.8, 4) is 11.1 Å². The molecule has 39 heavy (non-hydrogen) atoms. The van der Waals surface area contributed by atoms with Gasteiger partial charge in [0.15, 0.2) is 0 Å². The Morgan fingerprint density at radius 3 is 2.26 bits per heavy atom. The summed E-state index contributed by atoms with van der Waals surface area (Å²) in [4.78, 5) is 0. The van der Waals surface area contributed by atoms with E-state index in [2.05, 4.69) is 91.0 Å². The zero-order valence-electron chi connectivity index (χ0n) is 22.5. The first kappa shape index (κ1) is 24.4. The molecule has 192 valence electrons. The standard InChI is InChI=1S/C34H29BO3S/c1-33(2,36)34(3,4)38-35-27-16-15-23(22-13-14-25-24-11-7-8-12-29(24)39-30(25)19-22)32-31(27)26-17-20-9-5-6-10-21(20)18-28(26)37-32/h5-19,35-36H,1-4H3. The summed E-state index contributed by atoms with van der Waals surface area (Å²) in [6, 6.07) is 32.3. The van der Waals surface area contributed by atoms with Crippen LogP contribution in [-0.2, 0) is 4.65 Å². The highest BCUT2D eigenvalue weighted by Crippen LogP contribution is 2.40. The molecule has 3 nitrogen and oxygen atoms in total. The number of aliphatic hydroxyl groups is 1. The fraction of sp³-hybridized carbons (Fsp3) is 0.176. The van der Waals surface area contributed by atoms with E-state index >= 15 is 0 Å². The van der Waals surface area contributed by atoms with Gasteiger partial charge in [-0.15, -0.1) is 11.3 Å². The molecule has 7 rings (SSSR count). The summed E-state index contributed by atoms with van der Waals surface area (Å²) in [5.74, 6) is 0. The lowest BCUT2D eigenvalue weighted by molar-refractivity contribution is -0.0893. The molecule has 2 heterocycles. The van der Waals surface area contributed by atoms with Crippen molar-refractivity contribution in [2.45, 2.75) is 38.9 Å². The molecule has 2 aromatic heterocycles. The van der Waals surface area contributed by atoms with E-state index in [0.29, 0.717) is 7.48 Å². The number of fused-ring (bicyclic) bond motifs is 7. The average molecular weight is 528 g/mol. The lowest BCUT2D eigenvalue weighted by Crippen LogP contribution is -2.49. The van der Waals surface area contributed by atoms with Crippen molar-refractivity contribution in [3.05, 3.63) is 91.0 Å². The zero-order chi connectivity index (χ0) is 26.9. The van der Waals surface area contributed by atoms with Gasteiger partial charge >= 0.3 is 7.48 Å². The molecule has 0 fully saturated rings. The quantitative estimate of drug-likeness (QED) is 0.229. The van der Waals surface area contributed by atoms with Crippen molar-refractivity contribution in [3.63, 3.8) is 0 Å². The number of benzene rings is 5. The van der Waals surface area contributed by atoms with Crippen LogP contribution in [-0.4, -0.2) is 23.8 Å². The smallest absolute Gasteiger partial charge is 0.310 e. The molecule has 1 N–H and O–H groups in total. The third kappa shape index (κ3) is 3.96. The maximum Gasteiger partial charge on any atom is 0.310 e. The largest absolute Gasteiger partial charge is 0.455 e. The van der Waals surface area contributed by atoms with Crippen molar-refractivity contribution in [1.82, 2.24) is 0 Å². The number of rotatable bonds is 5. The Bertz CT molecular complexity index is 2040. The summed E-state index contributed by atoms with van der Waals surface area (Å²) in [6.45, 7) is 7.43. The van der Waals surface area contributed by atoms with E-state index in [1.165, 1.54) is 25.6 Å². The van der Waals surface area contributed by atoms with Crippen LogP contribution in [0.5, 0.6) is 0 Å². The van der Waals surface area contributed by atoms with E-state index in [0.717, 1.165) is 43.9 Å². The third-order valence-corrected chi connectivity index (χ3v) is 9.46. The number of hydrogen-bond acceptors (Lipinski definition) is 4. The summed E-state index contributed by atoms with van der Waals surface area (Å²) in [5.41, 5.74) is 3.26. The maximum atomic E-state index is 10.7. The van der Waals surface area contributed by atoms with Gasteiger partial charge in [-0.05, 0) is 73.8 Å². The van der Waals surface area contributed by atoms with Gasteiger partial charge in [0.05, 0.1) is 11.2 Å². The Labute approximate surface area is 231 Å². The minimum Gasteiger partial charge on any atom is -0.455 e. The van der Waals surface area contributed by atoms with Crippen molar-refractivity contribution in [1.29, 1.82) is 0 Å². The summed E-state index contributed by atoms with van der Waals surface area (Å²) in [7, 11) is 0.366. The molecule has 5 heteroatoms. The first-order chi connectivity index (χ1) is 18.7. The molecule has 0 spiro atoms. The number of furan rings is 1. The second-order valence-electron chi connectivity index (χ2n) is 11.4. The highest BCUT2D eigenvalue weighted by molar-refractivity contribution is 7.25. The van der Waals surface area contributed by atoms with E-state index in [-0.39, 0.29) is 0 Å². The highest BCUT2D eigenvalue weighted by Gasteiger charge is 2.36. The Morgan fingerprint density at radius 2 is 1.46 bits per heavy atom. The van der Waals surface area contributed by atoms with Gasteiger partial charge in [-0.25, -0.2) is 0 Å². The summed E-state index contributed by atoms with van der Waals surface area (Å²) in [5, 5.41) is 17.7. The maximum absolute atomic E-state index is 10.7. The molecular weight excluding hydrogens is 499 g/mol. The molecule has 0 aliphatic rings. The van der Waals surface area contributed by atoms with Crippen LogP contribution >= 0.6 is 11.3 Å². The lowest BCUT2D eigenvalue weighted by atomic mass is 9.79. The molecular formula is C34H29BO3S. The fourth-order valence-electron chi connectivity index (χ4n) is 5.31. The van der Waals surface area contributed by atoms with Crippen molar-refractivity contribution in [2.75, 3.05) is 0 Å². The molecule has 0 aliphatic carbocycles. The van der Waals surface area contributed by atoms with E-state index in [1.54, 1.807) is 13.8 Å². The molecule has 0 radical (unpaired) electrons. The fourth-order valence-corrected chi connectivity index (χ4v) is 6.46. The minimum atomic E-state index is -0.986. The van der Waals surface area contributed by atoms with Gasteiger partial charge in [0.1, 0.15) is 11.2 Å². The van der Waals surface area contributed by atoms with Crippen LogP contribution in [0, 0.1) is 0 Å². The van der Waals surface area contributed by atoms with Crippen LogP contribution in [0.3, 0.4) is 0 Å². The van der Waals surface area contributed by atoms with E-state index < -0.39 is 11.2 Å². The first-order valence-electron chi connectivity index (χ1n) is 13.3. The monoisotopic (exact) mass is 528 g/mol. The van der Waals surface area contributed by atoms with Gasteiger partial charge < -0.3 is 14.2 Å². The molecule has 7 aromatic rings. The van der Waals surface area contributed by atoms with Crippen molar-refractivity contribution < 1.29 is 14.2 Å². The molecule has 0 bridgehead atoms. The van der Waals surface area contributed by atoms with Crippen LogP contribution < -0.4 is 5.46 Å². The molecule has 0 saturated heterocycles. The highest BCUT2D eigenvalue weighted by atomic mass is 32.1. The van der Waals surface area contributed by atoms with Gasteiger partial charge in [-0.3, -0.25) is 0 Å². The van der Waals surface area contributed by atoms with E-state index in [1.807, 2.05) is 25.2 Å². The van der Waals surface area contributed by atoms with Crippen LogP contribution in [0.25, 0.3) is 64.0 Å². The van der Waals surface area contributed by atoms with E-state index in [9.17, 15) is 5.11 Å². The van der Waals surface area contributed by atoms with Crippen LogP contribution in [0.4, 0.5) is 0 Å². The normalized spacial score (nSPS) is 12.8. The summed E-state index contributed by atoms with van der Waals surface area (Å²) >= 11 is 1.82. The number of hydrogen-bond donors (Lipinski definition) is 1. The van der Waals surface area contributed by atoms with E-state index in [4.69, 9.17) is 9.07 Å². The molecule has 5 aromatic carbocycles. The Balaban J connectivity index is 1.45. The predicted octanol–water partition coefficient (Wildman–Crippen LogP) is 8.32. The molecule has 0 atom stereocenters. The SMILES string of the molecule is CC(C)(O)C(C)(C)OBc1ccc(-c2ccc3c(c2)sc2ccccc23)c2oc3cc4ccccc4cc3c12. The summed E-state index contributed by atoms with van der Waals surface area (Å²) < 4.78 is 15.6. The average Bonchev–Trinajstić information content (AvgIpc) is 3.47. The van der Waals surface area contributed by atoms with Gasteiger partial charge in [0, 0.05) is 36.5 Å². The molecule has 0 unspecified atom stereocenters. The van der Waals surface area contributed by atoms with Gasteiger partial charge in [-0.2, -0.15) is 0 Å². The first-order valence-corrected chi connectivity index (χ1v) is 14.2. The minimum absolute atomic E-state index is 0.366. The number of thiophene rings is 1. The van der Waals surface area contributed by atoms with Crippen molar-refractivity contribution >= 4 is 77.2 Å². The Hall–Kier alpha value is -3.64. The van der Waals surface area contributed by atoms with Gasteiger partial charge in [-0.1, -0.05) is 66.7 Å². The molecule has 0 saturated carbocycles. The van der Waals surface area contributed by atoms with Crippen LogP contribution in [0.1, 0.15) is 27.7 Å². The predicted molar refractivity (Wildman–Crippen MR) is 168 cm³/mol. The van der Waals surface area contributed by atoms with Gasteiger partial charge in [0.2, 0.25) is 0 Å². The lowest BCUT2D eigenvalue weighted by Gasteiger charge is -2.37.